The average molecular weight is 258 g/mol. The van der Waals surface area contributed by atoms with Gasteiger partial charge in [-0.05, 0) is 19.1 Å². The van der Waals surface area contributed by atoms with Gasteiger partial charge in [0.25, 0.3) is 0 Å². The van der Waals surface area contributed by atoms with Crippen molar-refractivity contribution in [2.75, 3.05) is 12.3 Å². The molecule has 0 saturated carbocycles. The molecule has 84 valence electrons. The van der Waals surface area contributed by atoms with Crippen LogP contribution in [0.4, 0.5) is 5.69 Å². The molecule has 0 amide bonds. The van der Waals surface area contributed by atoms with Gasteiger partial charge >= 0.3 is 5.97 Å². The Morgan fingerprint density at radius 3 is 2.75 bits per heavy atom. The van der Waals surface area contributed by atoms with Crippen molar-refractivity contribution in [3.63, 3.8) is 0 Å². The Balaban J connectivity index is 2.98. The number of rotatable bonds is 1. The molecule has 0 aliphatic heterocycles. The summed E-state index contributed by atoms with van der Waals surface area (Å²) in [6, 6.07) is 3.17. The molecule has 1 aromatic rings. The van der Waals surface area contributed by atoms with Gasteiger partial charge in [0, 0.05) is 11.5 Å². The molecule has 0 atom stereocenters. The molecular formula is C11H9Cl2NO2. The van der Waals surface area contributed by atoms with Gasteiger partial charge in [0.1, 0.15) is 0 Å². The van der Waals surface area contributed by atoms with Crippen LogP contribution in [0.5, 0.6) is 0 Å². The fourth-order valence-electron chi connectivity index (χ4n) is 0.946. The van der Waals surface area contributed by atoms with Crippen LogP contribution in [0.1, 0.15) is 12.5 Å². The van der Waals surface area contributed by atoms with Crippen molar-refractivity contribution in [2.45, 2.75) is 6.92 Å². The molecule has 0 fully saturated rings. The Kier molecular flexibility index (Phi) is 4.48. The summed E-state index contributed by atoms with van der Waals surface area (Å²) in [5.74, 6) is 4.26. The number of anilines is 1. The first kappa shape index (κ1) is 12.7. The minimum Gasteiger partial charge on any atom is -0.456 e. The lowest BCUT2D eigenvalue weighted by molar-refractivity contribution is -0.136. The molecule has 5 heteroatoms. The summed E-state index contributed by atoms with van der Waals surface area (Å²) in [5, 5.41) is 0.468. The zero-order valence-electron chi connectivity index (χ0n) is 8.51. The largest absolute Gasteiger partial charge is 0.456 e. The molecule has 3 nitrogen and oxygen atoms in total. The van der Waals surface area contributed by atoms with Gasteiger partial charge < -0.3 is 10.5 Å². The van der Waals surface area contributed by atoms with E-state index in [1.807, 2.05) is 0 Å². The topological polar surface area (TPSA) is 52.3 Å². The summed E-state index contributed by atoms with van der Waals surface area (Å²) in [5.41, 5.74) is 6.34. The number of esters is 1. The first-order valence-corrected chi connectivity index (χ1v) is 5.24. The fraction of sp³-hybridized carbons (Fsp3) is 0.182. The third kappa shape index (κ3) is 3.06. The standard InChI is InChI=1S/C11H9Cl2NO2/c1-2-16-9(15)6-4-7-3-5-8(14)11(13)10(7)12/h3,5H,2,14H2,1H3. The van der Waals surface area contributed by atoms with Crippen molar-refractivity contribution in [2.24, 2.45) is 0 Å². The number of halogens is 2. The highest BCUT2D eigenvalue weighted by Crippen LogP contribution is 2.30. The van der Waals surface area contributed by atoms with Crippen molar-refractivity contribution in [1.29, 1.82) is 0 Å². The maximum Gasteiger partial charge on any atom is 0.384 e. The van der Waals surface area contributed by atoms with E-state index >= 15 is 0 Å². The van der Waals surface area contributed by atoms with Crippen LogP contribution in [0, 0.1) is 11.8 Å². The number of nitrogens with two attached hydrogens (primary N) is 1. The van der Waals surface area contributed by atoms with Crippen LogP contribution < -0.4 is 5.73 Å². The summed E-state index contributed by atoms with van der Waals surface area (Å²) >= 11 is 11.7. The van der Waals surface area contributed by atoms with Crippen molar-refractivity contribution in [1.82, 2.24) is 0 Å². The highest BCUT2D eigenvalue weighted by Gasteiger charge is 2.06. The Morgan fingerprint density at radius 2 is 2.12 bits per heavy atom. The summed E-state index contributed by atoms with van der Waals surface area (Å²) in [6.45, 7) is 1.98. The van der Waals surface area contributed by atoms with Gasteiger partial charge in [0.05, 0.1) is 22.3 Å². The molecule has 0 unspecified atom stereocenters. The van der Waals surface area contributed by atoms with E-state index in [9.17, 15) is 4.79 Å². The van der Waals surface area contributed by atoms with Crippen molar-refractivity contribution < 1.29 is 9.53 Å². The zero-order chi connectivity index (χ0) is 12.1. The zero-order valence-corrected chi connectivity index (χ0v) is 10.0. The highest BCUT2D eigenvalue weighted by atomic mass is 35.5. The maximum atomic E-state index is 11.0. The molecule has 1 aromatic carbocycles. The third-order valence-electron chi connectivity index (χ3n) is 1.69. The lowest BCUT2D eigenvalue weighted by Crippen LogP contribution is -1.99. The van der Waals surface area contributed by atoms with Crippen LogP contribution in [0.15, 0.2) is 12.1 Å². The van der Waals surface area contributed by atoms with Crippen LogP contribution in [-0.4, -0.2) is 12.6 Å². The van der Waals surface area contributed by atoms with Gasteiger partial charge in [-0.25, -0.2) is 4.79 Å². The van der Waals surface area contributed by atoms with E-state index in [0.717, 1.165) is 0 Å². The summed E-state index contributed by atoms with van der Waals surface area (Å²) < 4.78 is 4.64. The molecule has 0 bridgehead atoms. The lowest BCUT2D eigenvalue weighted by atomic mass is 10.2. The van der Waals surface area contributed by atoms with Gasteiger partial charge in [-0.1, -0.05) is 29.1 Å². The van der Waals surface area contributed by atoms with Crippen LogP contribution >= 0.6 is 23.2 Å². The van der Waals surface area contributed by atoms with Gasteiger partial charge in [-0.3, -0.25) is 0 Å². The van der Waals surface area contributed by atoms with Gasteiger partial charge in [0.2, 0.25) is 0 Å². The van der Waals surface area contributed by atoms with Crippen LogP contribution in [0.3, 0.4) is 0 Å². The van der Waals surface area contributed by atoms with Gasteiger partial charge in [-0.2, -0.15) is 0 Å². The predicted octanol–water partition coefficient (Wildman–Crippen LogP) is 2.49. The maximum absolute atomic E-state index is 11.0. The van der Waals surface area contributed by atoms with E-state index in [2.05, 4.69) is 16.6 Å². The Hall–Kier alpha value is -1.37. The van der Waals surface area contributed by atoms with Gasteiger partial charge in [-0.15, -0.1) is 0 Å². The van der Waals surface area contributed by atoms with E-state index in [0.29, 0.717) is 11.3 Å². The number of ether oxygens (including phenoxy) is 1. The van der Waals surface area contributed by atoms with E-state index in [4.69, 9.17) is 28.9 Å². The number of nitrogen functional groups attached to an aromatic ring is 1. The minimum atomic E-state index is -0.605. The minimum absolute atomic E-state index is 0.234. The molecule has 0 aliphatic rings. The number of hydrogen-bond donors (Lipinski definition) is 1. The number of carbonyl (C=O) groups is 1. The van der Waals surface area contributed by atoms with Crippen LogP contribution in [0.2, 0.25) is 10.0 Å². The Labute approximate surface area is 103 Å². The van der Waals surface area contributed by atoms with E-state index in [1.165, 1.54) is 0 Å². The van der Waals surface area contributed by atoms with Crippen LogP contribution in [-0.2, 0) is 9.53 Å². The molecule has 16 heavy (non-hydrogen) atoms. The number of carbonyl (C=O) groups excluding carboxylic acids is 1. The SMILES string of the molecule is CCOC(=O)C#Cc1ccc(N)c(Cl)c1Cl. The second-order valence-corrected chi connectivity index (χ2v) is 3.56. The average Bonchev–Trinajstić information content (AvgIpc) is 2.25. The fourth-order valence-corrected chi connectivity index (χ4v) is 1.33. The first-order chi connectivity index (χ1) is 7.56. The summed E-state index contributed by atoms with van der Waals surface area (Å²) in [7, 11) is 0. The normalized spacial score (nSPS) is 9.19. The molecule has 0 heterocycles. The van der Waals surface area contributed by atoms with Crippen molar-refractivity contribution in [3.05, 3.63) is 27.7 Å². The summed E-state index contributed by atoms with van der Waals surface area (Å²) in [6.07, 6.45) is 0. The second kappa shape index (κ2) is 5.64. The van der Waals surface area contributed by atoms with Crippen LogP contribution in [0.25, 0.3) is 0 Å². The summed E-state index contributed by atoms with van der Waals surface area (Å²) in [4.78, 5) is 11.0. The molecule has 0 saturated heterocycles. The molecule has 2 N–H and O–H groups in total. The molecule has 1 rings (SSSR count). The molecule has 0 radical (unpaired) electrons. The third-order valence-corrected chi connectivity index (χ3v) is 2.58. The molecular weight excluding hydrogens is 249 g/mol. The number of hydrogen-bond acceptors (Lipinski definition) is 3. The Bertz CT molecular complexity index is 475. The van der Waals surface area contributed by atoms with E-state index < -0.39 is 5.97 Å². The van der Waals surface area contributed by atoms with Gasteiger partial charge in [0.15, 0.2) is 0 Å². The number of benzene rings is 1. The first-order valence-electron chi connectivity index (χ1n) is 4.48. The van der Waals surface area contributed by atoms with E-state index in [1.54, 1.807) is 19.1 Å². The van der Waals surface area contributed by atoms with E-state index in [-0.39, 0.29) is 16.7 Å². The monoisotopic (exact) mass is 257 g/mol. The molecule has 0 aromatic heterocycles. The quantitative estimate of drug-likeness (QED) is 0.478. The predicted molar refractivity (Wildman–Crippen MR) is 64.4 cm³/mol. The van der Waals surface area contributed by atoms with Crippen molar-refractivity contribution in [3.8, 4) is 11.8 Å². The highest BCUT2D eigenvalue weighted by molar-refractivity contribution is 6.44. The molecule has 0 spiro atoms. The second-order valence-electron chi connectivity index (χ2n) is 2.80. The molecule has 0 aliphatic carbocycles. The van der Waals surface area contributed by atoms with Crippen molar-refractivity contribution >= 4 is 34.9 Å². The lowest BCUT2D eigenvalue weighted by Gasteiger charge is -2.01. The Morgan fingerprint density at radius 1 is 1.44 bits per heavy atom. The smallest absolute Gasteiger partial charge is 0.384 e.